The van der Waals surface area contributed by atoms with Gasteiger partial charge in [-0.3, -0.25) is 24.6 Å². The second-order valence-corrected chi connectivity index (χ2v) is 19.2. The number of nitrogens with zero attached hydrogens (tertiary/aromatic N) is 3. The number of aliphatic hydroxyl groups excluding tert-OH is 1. The summed E-state index contributed by atoms with van der Waals surface area (Å²) in [4.78, 5) is 43.5. The van der Waals surface area contributed by atoms with Crippen LogP contribution in [0.25, 0.3) is 10.8 Å². The van der Waals surface area contributed by atoms with E-state index in [1.54, 1.807) is 23.0 Å². The number of nitro groups is 1. The summed E-state index contributed by atoms with van der Waals surface area (Å²) in [5.74, 6) is 0.0191. The average molecular weight is 714 g/mol. The number of carbonyl (C=O) groups is 2. The smallest absolute Gasteiger partial charge is 0.269 e. The van der Waals surface area contributed by atoms with E-state index in [2.05, 4.69) is 25.2 Å². The molecule has 0 aromatic heterocycles. The number of ether oxygens (including phenoxy) is 2. The molecule has 0 radical (unpaired) electrons. The van der Waals surface area contributed by atoms with Gasteiger partial charge in [-0.25, -0.2) is 0 Å². The van der Waals surface area contributed by atoms with Gasteiger partial charge in [0.2, 0.25) is 0 Å². The van der Waals surface area contributed by atoms with E-state index in [1.165, 1.54) is 12.1 Å². The molecule has 1 fully saturated rings. The third-order valence-electron chi connectivity index (χ3n) is 11.5. The van der Waals surface area contributed by atoms with E-state index >= 15 is 0 Å². The van der Waals surface area contributed by atoms with Gasteiger partial charge in [-0.2, -0.15) is 0 Å². The molecule has 5 aromatic carbocycles. The van der Waals surface area contributed by atoms with Gasteiger partial charge < -0.3 is 19.5 Å². The lowest BCUT2D eigenvalue weighted by atomic mass is 9.82. The third-order valence-corrected chi connectivity index (χ3v) is 15.9. The molecule has 10 nitrogen and oxygen atoms in total. The maximum Gasteiger partial charge on any atom is 0.269 e. The average Bonchev–Trinajstić information content (AvgIpc) is 3.70. The molecule has 8 rings (SSSR count). The number of amides is 2. The number of nitro benzene ring substituents is 1. The lowest BCUT2D eigenvalue weighted by molar-refractivity contribution is -0.385. The molecule has 3 aliphatic heterocycles. The van der Waals surface area contributed by atoms with Gasteiger partial charge in [-0.15, -0.1) is 0 Å². The second-order valence-electron chi connectivity index (χ2n) is 14.5. The Morgan fingerprint density at radius 1 is 0.942 bits per heavy atom. The number of benzene rings is 5. The van der Waals surface area contributed by atoms with Gasteiger partial charge in [0.15, 0.2) is 5.60 Å². The van der Waals surface area contributed by atoms with Crippen LogP contribution in [0.1, 0.15) is 34.8 Å². The first-order valence-corrected chi connectivity index (χ1v) is 20.6. The number of anilines is 3. The maximum absolute atomic E-state index is 15.0. The molecule has 1 saturated heterocycles. The van der Waals surface area contributed by atoms with Crippen molar-refractivity contribution >= 4 is 58.6 Å². The fourth-order valence-electron chi connectivity index (χ4n) is 9.07. The number of carbonyl (C=O) groups excluding carboxylic acids is 2. The van der Waals surface area contributed by atoms with Crippen molar-refractivity contribution in [3.63, 3.8) is 0 Å². The van der Waals surface area contributed by atoms with Crippen molar-refractivity contribution in [3.8, 4) is 5.75 Å². The molecule has 11 heteroatoms. The Hall–Kier alpha value is -5.36. The summed E-state index contributed by atoms with van der Waals surface area (Å²) in [6.07, 6.45) is -0.125. The predicted molar refractivity (Wildman–Crippen MR) is 202 cm³/mol. The van der Waals surface area contributed by atoms with E-state index in [0.717, 1.165) is 33.0 Å². The van der Waals surface area contributed by atoms with Gasteiger partial charge in [0, 0.05) is 41.3 Å². The lowest BCUT2D eigenvalue weighted by Crippen LogP contribution is -2.51. The van der Waals surface area contributed by atoms with Crippen LogP contribution in [0.2, 0.25) is 18.6 Å². The molecular formula is C41H39N3O7Si. The Morgan fingerprint density at radius 2 is 1.65 bits per heavy atom. The number of hydrogen-bond donors (Lipinski definition) is 1. The molecule has 3 aliphatic rings. The minimum Gasteiger partial charge on any atom is -0.497 e. The summed E-state index contributed by atoms with van der Waals surface area (Å²) in [6, 6.07) is 31.8. The highest BCUT2D eigenvalue weighted by atomic mass is 28.3. The summed E-state index contributed by atoms with van der Waals surface area (Å²) in [7, 11) is -0.789. The number of fused-ring (bicyclic) bond motifs is 2. The fraction of sp³-hybridized carbons (Fsp3) is 0.268. The number of hydrogen-bond acceptors (Lipinski definition) is 7. The zero-order chi connectivity index (χ0) is 36.5. The second kappa shape index (κ2) is 12.4. The number of rotatable bonds is 9. The van der Waals surface area contributed by atoms with E-state index in [4.69, 9.17) is 9.47 Å². The van der Waals surface area contributed by atoms with Gasteiger partial charge in [-0.1, -0.05) is 73.7 Å². The van der Waals surface area contributed by atoms with Crippen LogP contribution in [-0.4, -0.2) is 49.7 Å². The third kappa shape index (κ3) is 4.91. The highest BCUT2D eigenvalue weighted by Gasteiger charge is 2.66. The summed E-state index contributed by atoms with van der Waals surface area (Å²) < 4.78 is 12.3. The lowest BCUT2D eigenvalue weighted by Gasteiger charge is -2.37. The summed E-state index contributed by atoms with van der Waals surface area (Å²) >= 11 is 0. The van der Waals surface area contributed by atoms with Gasteiger partial charge in [0.1, 0.15) is 5.75 Å². The zero-order valence-corrected chi connectivity index (χ0v) is 30.4. The summed E-state index contributed by atoms with van der Waals surface area (Å²) in [6.45, 7) is 6.59. The molecule has 0 saturated carbocycles. The SMILES string of the molecule is COc1ccc([Si](C)(C)[C@@H]2[C@@H](CCO)O[C@]3(C(=O)N(Cc4ccc(N5C(=O)c6cccc7cccc5c67)cc4)c4ccc([N+](=O)[O-])cc43)[C@H]2C)cc1. The summed E-state index contributed by atoms with van der Waals surface area (Å²) in [5, 5.41) is 25.4. The molecule has 5 aromatic rings. The first-order valence-electron chi connectivity index (χ1n) is 17.5. The van der Waals surface area contributed by atoms with Gasteiger partial charge in [-0.05, 0) is 65.4 Å². The van der Waals surface area contributed by atoms with Crippen molar-refractivity contribution in [1.29, 1.82) is 0 Å². The Morgan fingerprint density at radius 3 is 2.33 bits per heavy atom. The van der Waals surface area contributed by atoms with Crippen LogP contribution in [0.15, 0.2) is 103 Å². The minimum absolute atomic E-state index is 0.0905. The monoisotopic (exact) mass is 713 g/mol. The van der Waals surface area contributed by atoms with Crippen LogP contribution in [0.3, 0.4) is 0 Å². The van der Waals surface area contributed by atoms with Crippen molar-refractivity contribution in [1.82, 2.24) is 0 Å². The fourth-order valence-corrected chi connectivity index (χ4v) is 13.1. The predicted octanol–water partition coefficient (Wildman–Crippen LogP) is 7.19. The zero-order valence-electron chi connectivity index (χ0n) is 29.4. The molecule has 264 valence electrons. The molecule has 4 atom stereocenters. The minimum atomic E-state index is -2.42. The van der Waals surface area contributed by atoms with Crippen molar-refractivity contribution in [3.05, 3.63) is 130 Å². The topological polar surface area (TPSA) is 122 Å². The molecule has 0 unspecified atom stereocenters. The Labute approximate surface area is 302 Å². The Balaban J connectivity index is 1.15. The van der Waals surface area contributed by atoms with Crippen molar-refractivity contribution in [2.24, 2.45) is 5.92 Å². The molecular weight excluding hydrogens is 675 g/mol. The quantitative estimate of drug-likeness (QED) is 0.0975. The molecule has 3 heterocycles. The van der Waals surface area contributed by atoms with Crippen LogP contribution in [0.4, 0.5) is 22.7 Å². The first kappa shape index (κ1) is 33.8. The van der Waals surface area contributed by atoms with Crippen molar-refractivity contribution < 1.29 is 29.1 Å². The van der Waals surface area contributed by atoms with Gasteiger partial charge in [0.05, 0.1) is 49.7 Å². The van der Waals surface area contributed by atoms with Crippen LogP contribution < -0.4 is 19.7 Å². The Kier molecular flexibility index (Phi) is 8.05. The molecule has 52 heavy (non-hydrogen) atoms. The first-order chi connectivity index (χ1) is 25.0. The van der Waals surface area contributed by atoms with Crippen LogP contribution >= 0.6 is 0 Å². The molecule has 0 bridgehead atoms. The molecule has 1 N–H and O–H groups in total. The number of aliphatic hydroxyl groups is 1. The van der Waals surface area contributed by atoms with E-state index in [-0.39, 0.29) is 42.1 Å². The molecule has 2 amide bonds. The van der Waals surface area contributed by atoms with Gasteiger partial charge >= 0.3 is 0 Å². The van der Waals surface area contributed by atoms with Crippen LogP contribution in [0.5, 0.6) is 5.75 Å². The van der Waals surface area contributed by atoms with Crippen molar-refractivity contribution in [2.75, 3.05) is 23.5 Å². The maximum atomic E-state index is 15.0. The normalized spacial score (nSPS) is 22.1. The number of methoxy groups -OCH3 is 1. The van der Waals surface area contributed by atoms with E-state index in [1.807, 2.05) is 79.7 Å². The highest BCUT2D eigenvalue weighted by molar-refractivity contribution is 6.91. The van der Waals surface area contributed by atoms with Crippen molar-refractivity contribution in [2.45, 2.75) is 50.2 Å². The van der Waals surface area contributed by atoms with E-state index in [9.17, 15) is 24.8 Å². The molecule has 1 spiro atoms. The largest absolute Gasteiger partial charge is 0.497 e. The summed E-state index contributed by atoms with van der Waals surface area (Å²) in [5.41, 5.74) is 2.38. The standard InChI is InChI=1S/C41H39N3O7Si/c1-25-38(52(3,4)31-18-16-30(50-2)17-19-31)36(21-22-45)51-41(25)33-23-29(44(48)49)15-20-34(33)42(40(41)47)24-26-11-13-28(14-12-26)43-35-10-6-8-27-7-5-9-32(37(27)35)39(43)46/h5-20,23,25,36,38,45H,21-22,24H2,1-4H3/t25-,36+,38-,41+/m0/s1. The Bertz CT molecular complexity index is 2250. The van der Waals surface area contributed by atoms with E-state index in [0.29, 0.717) is 28.9 Å². The number of non-ortho nitro benzene ring substituents is 1. The van der Waals surface area contributed by atoms with E-state index < -0.39 is 24.7 Å². The van der Waals surface area contributed by atoms with Crippen LogP contribution in [-0.2, 0) is 21.7 Å². The van der Waals surface area contributed by atoms with Crippen LogP contribution in [0, 0.1) is 16.0 Å². The molecule has 0 aliphatic carbocycles. The van der Waals surface area contributed by atoms with Gasteiger partial charge in [0.25, 0.3) is 17.5 Å². The highest BCUT2D eigenvalue weighted by Crippen LogP contribution is 2.60.